The van der Waals surface area contributed by atoms with Crippen LogP contribution in [-0.4, -0.2) is 69.2 Å². The minimum atomic E-state index is -0.143. The third-order valence-corrected chi connectivity index (χ3v) is 8.38. The minimum Gasteiger partial charge on any atom is -0.396 e. The van der Waals surface area contributed by atoms with Crippen molar-refractivity contribution in [3.63, 3.8) is 0 Å². The van der Waals surface area contributed by atoms with Crippen LogP contribution in [0, 0.1) is 25.7 Å². The molecule has 0 unspecified atom stereocenters. The smallest absolute Gasteiger partial charge is 0.0984 e. The Kier molecular flexibility index (Phi) is 5.07. The van der Waals surface area contributed by atoms with Crippen molar-refractivity contribution in [3.8, 4) is 0 Å². The van der Waals surface area contributed by atoms with Crippen molar-refractivity contribution in [2.75, 3.05) is 32.8 Å². The van der Waals surface area contributed by atoms with E-state index in [2.05, 4.69) is 51.8 Å². The number of aliphatic hydroxyl groups excluding tert-OH is 1. The van der Waals surface area contributed by atoms with Crippen molar-refractivity contribution < 1.29 is 9.84 Å². The van der Waals surface area contributed by atoms with Crippen molar-refractivity contribution in [1.82, 2.24) is 19.6 Å². The summed E-state index contributed by atoms with van der Waals surface area (Å²) in [5, 5.41) is 16.9. The fraction of sp³-hybridized carbons (Fsp3) is 0.682. The lowest BCUT2D eigenvalue weighted by molar-refractivity contribution is -0.119. The predicted molar refractivity (Wildman–Crippen MR) is 114 cm³/mol. The summed E-state index contributed by atoms with van der Waals surface area (Å²) in [4.78, 5) is 6.55. The first-order valence-corrected chi connectivity index (χ1v) is 11.7. The Bertz CT molecular complexity index is 880. The molecule has 5 rings (SSSR count). The summed E-state index contributed by atoms with van der Waals surface area (Å²) in [5.74, 6) is 0.655. The average Bonchev–Trinajstić information content (AvgIpc) is 3.39. The van der Waals surface area contributed by atoms with E-state index in [1.807, 2.05) is 17.5 Å². The van der Waals surface area contributed by atoms with E-state index in [1.165, 1.54) is 21.7 Å². The molecule has 7 heteroatoms. The van der Waals surface area contributed by atoms with Crippen LogP contribution in [0.4, 0.5) is 0 Å². The summed E-state index contributed by atoms with van der Waals surface area (Å²) in [6, 6.07) is 2.21. The topological polar surface area (TPSA) is 53.8 Å². The molecule has 3 saturated heterocycles. The zero-order chi connectivity index (χ0) is 20.2. The SMILES string of the molecule is CCn1ncc(CN2C[C@@H]3[C@H](CO)[C@H]4CN(Cc5sccc5C)C[C@]3(C2)O4)c1C. The van der Waals surface area contributed by atoms with Gasteiger partial charge in [0, 0.05) is 80.4 Å². The van der Waals surface area contributed by atoms with Gasteiger partial charge in [0.15, 0.2) is 0 Å². The Labute approximate surface area is 177 Å². The first kappa shape index (κ1) is 19.7. The number of fused-ring (bicyclic) bond motifs is 1. The molecule has 3 aliphatic heterocycles. The lowest BCUT2D eigenvalue weighted by Crippen LogP contribution is -2.53. The number of hydrogen-bond donors (Lipinski definition) is 1. The molecule has 1 spiro atoms. The Morgan fingerprint density at radius 3 is 2.69 bits per heavy atom. The normalized spacial score (nSPS) is 32.2. The van der Waals surface area contributed by atoms with Gasteiger partial charge in [-0.15, -0.1) is 11.3 Å². The van der Waals surface area contributed by atoms with Gasteiger partial charge in [0.05, 0.1) is 17.9 Å². The predicted octanol–water partition coefficient (Wildman–Crippen LogP) is 2.28. The van der Waals surface area contributed by atoms with Crippen LogP contribution in [0.2, 0.25) is 0 Å². The second kappa shape index (κ2) is 7.46. The van der Waals surface area contributed by atoms with Gasteiger partial charge >= 0.3 is 0 Å². The molecule has 2 bridgehead atoms. The monoisotopic (exact) mass is 416 g/mol. The van der Waals surface area contributed by atoms with Crippen LogP contribution in [0.1, 0.15) is 28.6 Å². The maximum absolute atomic E-state index is 10.2. The molecule has 2 aromatic rings. The molecule has 4 atom stereocenters. The van der Waals surface area contributed by atoms with Gasteiger partial charge in [-0.2, -0.15) is 5.10 Å². The second-order valence-electron chi connectivity index (χ2n) is 9.11. The van der Waals surface area contributed by atoms with E-state index in [1.54, 1.807) is 0 Å². The maximum atomic E-state index is 10.2. The highest BCUT2D eigenvalue weighted by Gasteiger charge is 2.62. The molecule has 3 fully saturated rings. The Balaban J connectivity index is 1.34. The molecule has 2 aromatic heterocycles. The molecule has 0 aromatic carbocycles. The Hall–Kier alpha value is -1.25. The van der Waals surface area contributed by atoms with Gasteiger partial charge in [0.25, 0.3) is 0 Å². The standard InChI is InChI=1S/C22H32N4O2S/c1-4-26-16(3)17(7-23-26)8-24-9-19-18(12-27)20-10-25(14-22(19,13-24)28-20)11-21-15(2)5-6-29-21/h5-7,18-20,27H,4,8-14H2,1-3H3/t18-,19+,20+,22-/m0/s1. The van der Waals surface area contributed by atoms with E-state index in [9.17, 15) is 5.11 Å². The van der Waals surface area contributed by atoms with Crippen molar-refractivity contribution in [1.29, 1.82) is 0 Å². The van der Waals surface area contributed by atoms with E-state index >= 15 is 0 Å². The molecule has 29 heavy (non-hydrogen) atoms. The number of ether oxygens (including phenoxy) is 1. The summed E-state index contributed by atoms with van der Waals surface area (Å²) < 4.78 is 8.72. The second-order valence-corrected chi connectivity index (χ2v) is 10.1. The third-order valence-electron chi connectivity index (χ3n) is 7.38. The summed E-state index contributed by atoms with van der Waals surface area (Å²) >= 11 is 1.85. The molecular formula is C22H32N4O2S. The van der Waals surface area contributed by atoms with Crippen molar-refractivity contribution in [3.05, 3.63) is 39.3 Å². The molecular weight excluding hydrogens is 384 g/mol. The highest BCUT2D eigenvalue weighted by atomic mass is 32.1. The molecule has 0 radical (unpaired) electrons. The third kappa shape index (κ3) is 3.27. The van der Waals surface area contributed by atoms with Crippen LogP contribution in [0.3, 0.4) is 0 Å². The van der Waals surface area contributed by atoms with Gasteiger partial charge in [0.2, 0.25) is 0 Å². The van der Waals surface area contributed by atoms with Crippen LogP contribution in [-0.2, 0) is 24.4 Å². The van der Waals surface area contributed by atoms with Crippen LogP contribution < -0.4 is 0 Å². The van der Waals surface area contributed by atoms with Gasteiger partial charge in [-0.25, -0.2) is 0 Å². The number of morpholine rings is 1. The number of rotatable bonds is 6. The minimum absolute atomic E-state index is 0.143. The summed E-state index contributed by atoms with van der Waals surface area (Å²) in [7, 11) is 0. The summed E-state index contributed by atoms with van der Waals surface area (Å²) in [5.41, 5.74) is 3.81. The first-order chi connectivity index (χ1) is 14.0. The van der Waals surface area contributed by atoms with Gasteiger partial charge in [0.1, 0.15) is 0 Å². The molecule has 5 heterocycles. The molecule has 0 amide bonds. The summed E-state index contributed by atoms with van der Waals surface area (Å²) in [6.07, 6.45) is 2.18. The zero-order valence-electron chi connectivity index (χ0n) is 17.7. The van der Waals surface area contributed by atoms with Crippen molar-refractivity contribution >= 4 is 11.3 Å². The highest BCUT2D eigenvalue weighted by molar-refractivity contribution is 7.10. The van der Waals surface area contributed by atoms with Crippen molar-refractivity contribution in [2.24, 2.45) is 11.8 Å². The highest BCUT2D eigenvalue weighted by Crippen LogP contribution is 2.49. The van der Waals surface area contributed by atoms with Crippen LogP contribution >= 0.6 is 11.3 Å². The fourth-order valence-corrected chi connectivity index (χ4v) is 6.78. The Morgan fingerprint density at radius 2 is 2.03 bits per heavy atom. The zero-order valence-corrected chi connectivity index (χ0v) is 18.5. The van der Waals surface area contributed by atoms with Crippen LogP contribution in [0.25, 0.3) is 0 Å². The molecule has 1 N–H and O–H groups in total. The average molecular weight is 417 g/mol. The summed E-state index contributed by atoms with van der Waals surface area (Å²) in [6.45, 7) is 13.4. The number of hydrogen-bond acceptors (Lipinski definition) is 6. The number of aryl methyl sites for hydroxylation is 2. The largest absolute Gasteiger partial charge is 0.396 e. The molecule has 0 aliphatic carbocycles. The van der Waals surface area contributed by atoms with Gasteiger partial charge in [-0.05, 0) is 37.8 Å². The Morgan fingerprint density at radius 1 is 1.24 bits per heavy atom. The van der Waals surface area contributed by atoms with Crippen LogP contribution in [0.15, 0.2) is 17.6 Å². The number of thiophene rings is 1. The molecule has 0 saturated carbocycles. The number of aliphatic hydroxyl groups is 1. The first-order valence-electron chi connectivity index (χ1n) is 10.8. The van der Waals surface area contributed by atoms with Gasteiger partial charge in [-0.1, -0.05) is 0 Å². The fourth-order valence-electron chi connectivity index (χ4n) is 5.83. The lowest BCUT2D eigenvalue weighted by atomic mass is 9.83. The molecule has 3 aliphatic rings. The number of likely N-dealkylation sites (tertiary alicyclic amines) is 2. The van der Waals surface area contributed by atoms with Gasteiger partial charge in [-0.3, -0.25) is 14.5 Å². The number of aromatic nitrogens is 2. The van der Waals surface area contributed by atoms with Crippen LogP contribution in [0.5, 0.6) is 0 Å². The number of nitrogens with zero attached hydrogens (tertiary/aromatic N) is 4. The van der Waals surface area contributed by atoms with E-state index in [0.29, 0.717) is 5.92 Å². The van der Waals surface area contributed by atoms with E-state index in [0.717, 1.165) is 45.8 Å². The van der Waals surface area contributed by atoms with E-state index in [4.69, 9.17) is 4.74 Å². The van der Waals surface area contributed by atoms with Gasteiger partial charge < -0.3 is 9.84 Å². The lowest BCUT2D eigenvalue weighted by Gasteiger charge is -2.40. The van der Waals surface area contributed by atoms with E-state index < -0.39 is 0 Å². The maximum Gasteiger partial charge on any atom is 0.0984 e. The quantitative estimate of drug-likeness (QED) is 0.783. The molecule has 158 valence electrons. The van der Waals surface area contributed by atoms with Crippen molar-refractivity contribution in [2.45, 2.75) is 52.1 Å². The van der Waals surface area contributed by atoms with E-state index in [-0.39, 0.29) is 24.2 Å². The molecule has 6 nitrogen and oxygen atoms in total.